The van der Waals surface area contributed by atoms with Gasteiger partial charge < -0.3 is 19.9 Å². The van der Waals surface area contributed by atoms with Crippen molar-refractivity contribution in [2.24, 2.45) is 0 Å². The van der Waals surface area contributed by atoms with E-state index in [9.17, 15) is 24.3 Å². The number of carboxylic acids is 1. The Morgan fingerprint density at radius 2 is 1.31 bits per heavy atom. The fraction of sp³-hybridized carbons (Fsp3) is 0.154. The number of carboxylic acid groups (broad SMARTS) is 1. The lowest BCUT2D eigenvalue weighted by Crippen LogP contribution is -2.48. The van der Waals surface area contributed by atoms with Gasteiger partial charge in [-0.25, -0.2) is 14.4 Å². The molecule has 10 heteroatoms. The van der Waals surface area contributed by atoms with E-state index in [4.69, 9.17) is 32.7 Å². The first-order chi connectivity index (χ1) is 17.0. The molecule has 0 aliphatic rings. The van der Waals surface area contributed by atoms with Crippen LogP contribution in [0.25, 0.3) is 0 Å². The minimum atomic E-state index is -2.17. The van der Waals surface area contributed by atoms with Crippen molar-refractivity contribution in [3.63, 3.8) is 0 Å². The van der Waals surface area contributed by atoms with Crippen LogP contribution >= 0.6 is 23.2 Å². The van der Waals surface area contributed by atoms with Crippen LogP contribution in [0.1, 0.15) is 31.8 Å². The van der Waals surface area contributed by atoms with Crippen molar-refractivity contribution >= 4 is 52.7 Å². The Morgan fingerprint density at radius 3 is 1.78 bits per heavy atom. The molecule has 0 unspecified atom stereocenters. The second-order valence-corrected chi connectivity index (χ2v) is 8.69. The molecule has 0 aromatic heterocycles. The first-order valence-corrected chi connectivity index (χ1v) is 11.3. The fourth-order valence-electron chi connectivity index (χ4n) is 3.20. The third-order valence-electron chi connectivity index (χ3n) is 4.94. The van der Waals surface area contributed by atoms with E-state index in [1.165, 1.54) is 42.5 Å². The third-order valence-corrected chi connectivity index (χ3v) is 5.49. The second-order valence-electron chi connectivity index (χ2n) is 7.84. The second kappa shape index (κ2) is 11.7. The van der Waals surface area contributed by atoms with Gasteiger partial charge in [0.15, 0.2) is 0 Å². The molecule has 1 amide bonds. The molecule has 186 valence electrons. The van der Waals surface area contributed by atoms with E-state index in [1.54, 1.807) is 38.1 Å². The maximum atomic E-state index is 13.2. The smallest absolute Gasteiger partial charge is 0.349 e. The number of esters is 2. The Kier molecular flexibility index (Phi) is 8.68. The van der Waals surface area contributed by atoms with Crippen LogP contribution in [0, 0.1) is 13.8 Å². The molecule has 0 saturated carbocycles. The number of aryl methyl sites for hydroxylation is 2. The van der Waals surface area contributed by atoms with E-state index in [1.807, 2.05) is 0 Å². The summed E-state index contributed by atoms with van der Waals surface area (Å²) in [6, 6.07) is 16.7. The van der Waals surface area contributed by atoms with Crippen LogP contribution in [0.4, 0.5) is 5.69 Å². The predicted molar refractivity (Wildman–Crippen MR) is 133 cm³/mol. The first-order valence-electron chi connectivity index (χ1n) is 10.6. The Bertz CT molecular complexity index is 1330. The van der Waals surface area contributed by atoms with Gasteiger partial charge in [0, 0.05) is 5.02 Å². The van der Waals surface area contributed by atoms with Crippen molar-refractivity contribution in [1.82, 2.24) is 0 Å². The molecule has 0 aliphatic heterocycles. The van der Waals surface area contributed by atoms with Gasteiger partial charge in [-0.15, -0.1) is 0 Å². The number of halogens is 2. The summed E-state index contributed by atoms with van der Waals surface area (Å²) < 4.78 is 10.4. The van der Waals surface area contributed by atoms with Crippen molar-refractivity contribution in [2.75, 3.05) is 5.32 Å². The Morgan fingerprint density at radius 1 is 0.778 bits per heavy atom. The molecule has 0 aliphatic carbocycles. The molecule has 0 radical (unpaired) electrons. The molecule has 0 saturated heterocycles. The van der Waals surface area contributed by atoms with Crippen LogP contribution in [-0.2, 0) is 19.1 Å². The molecule has 2 N–H and O–H groups in total. The molecule has 0 fully saturated rings. The summed E-state index contributed by atoms with van der Waals surface area (Å²) >= 11 is 12.0. The number of benzene rings is 3. The summed E-state index contributed by atoms with van der Waals surface area (Å²) in [6.07, 6.45) is -4.23. The number of rotatable bonds is 8. The van der Waals surface area contributed by atoms with Crippen molar-refractivity contribution in [2.45, 2.75) is 26.1 Å². The van der Waals surface area contributed by atoms with E-state index >= 15 is 0 Å². The van der Waals surface area contributed by atoms with Gasteiger partial charge in [-0.2, -0.15) is 0 Å². The van der Waals surface area contributed by atoms with Gasteiger partial charge in [-0.1, -0.05) is 58.6 Å². The lowest BCUT2D eigenvalue weighted by Gasteiger charge is -2.24. The molecule has 36 heavy (non-hydrogen) atoms. The van der Waals surface area contributed by atoms with Gasteiger partial charge in [-0.3, -0.25) is 4.79 Å². The highest BCUT2D eigenvalue weighted by molar-refractivity contribution is 6.36. The van der Waals surface area contributed by atoms with Crippen molar-refractivity contribution < 1.29 is 33.8 Å². The molecule has 0 spiro atoms. The zero-order chi connectivity index (χ0) is 26.4. The number of hydrogen-bond donors (Lipinski definition) is 2. The average Bonchev–Trinajstić information content (AvgIpc) is 2.82. The van der Waals surface area contributed by atoms with Gasteiger partial charge in [0.25, 0.3) is 5.91 Å². The molecule has 3 aromatic rings. The van der Waals surface area contributed by atoms with Gasteiger partial charge in [-0.05, 0) is 56.3 Å². The van der Waals surface area contributed by atoms with Crippen molar-refractivity contribution in [3.05, 3.63) is 99.0 Å². The zero-order valence-corrected chi connectivity index (χ0v) is 20.7. The average molecular weight is 530 g/mol. The number of ether oxygens (including phenoxy) is 2. The van der Waals surface area contributed by atoms with Crippen LogP contribution in [0.3, 0.4) is 0 Å². The molecule has 3 aromatic carbocycles. The fourth-order valence-corrected chi connectivity index (χ4v) is 3.66. The summed E-state index contributed by atoms with van der Waals surface area (Å²) in [5.41, 5.74) is 1.68. The van der Waals surface area contributed by atoms with Gasteiger partial charge in [0.05, 0.1) is 21.8 Å². The number of aliphatic carboxylic acids is 1. The largest absolute Gasteiger partial charge is 0.478 e. The lowest BCUT2D eigenvalue weighted by atomic mass is 10.1. The first kappa shape index (κ1) is 26.7. The number of hydrogen-bond acceptors (Lipinski definition) is 6. The number of anilines is 1. The van der Waals surface area contributed by atoms with Crippen molar-refractivity contribution in [3.8, 4) is 0 Å². The zero-order valence-electron chi connectivity index (χ0n) is 19.2. The third kappa shape index (κ3) is 6.84. The van der Waals surface area contributed by atoms with E-state index in [0.29, 0.717) is 5.02 Å². The van der Waals surface area contributed by atoms with E-state index in [2.05, 4.69) is 5.32 Å². The maximum Gasteiger partial charge on any atom is 0.349 e. The van der Waals surface area contributed by atoms with Crippen molar-refractivity contribution in [1.29, 1.82) is 0 Å². The minimum absolute atomic E-state index is 0.0586. The Labute approximate surface area is 216 Å². The Hall–Kier alpha value is -3.88. The standard InChI is InChI=1S/C26H21Cl2NO7/c1-14-5-3-7-16(11-14)25(33)35-21(23(30)29-20-10-9-18(27)13-19(20)28)22(24(31)32)36-26(34)17-8-4-6-15(2)12-17/h3-13,21-22H,1-2H3,(H,29,30)(H,31,32)/t21-,22+/m1/s1. The van der Waals surface area contributed by atoms with Crippen LogP contribution in [0.15, 0.2) is 66.7 Å². The summed E-state index contributed by atoms with van der Waals surface area (Å²) in [5, 5.41) is 12.6. The normalized spacial score (nSPS) is 12.2. The highest BCUT2D eigenvalue weighted by Crippen LogP contribution is 2.26. The van der Waals surface area contributed by atoms with Gasteiger partial charge >= 0.3 is 17.9 Å². The maximum absolute atomic E-state index is 13.2. The Balaban J connectivity index is 1.94. The summed E-state index contributed by atoms with van der Waals surface area (Å²) in [6.45, 7) is 3.48. The van der Waals surface area contributed by atoms with Gasteiger partial charge in [0.2, 0.25) is 12.2 Å². The predicted octanol–water partition coefficient (Wildman–Crippen LogP) is 5.08. The number of carbonyl (C=O) groups is 4. The number of amides is 1. The molecular weight excluding hydrogens is 509 g/mol. The van der Waals surface area contributed by atoms with E-state index in [-0.39, 0.29) is 21.8 Å². The highest BCUT2D eigenvalue weighted by atomic mass is 35.5. The molecule has 8 nitrogen and oxygen atoms in total. The summed E-state index contributed by atoms with van der Waals surface area (Å²) in [4.78, 5) is 50.8. The molecular formula is C26H21Cl2NO7. The van der Waals surface area contributed by atoms with E-state index in [0.717, 1.165) is 11.1 Å². The SMILES string of the molecule is Cc1cccc(C(=O)O[C@H](C(=O)O)[C@@H](OC(=O)c2cccc(C)c2)C(=O)Nc2ccc(Cl)cc2Cl)c1. The van der Waals surface area contributed by atoms with Crippen LogP contribution in [0.2, 0.25) is 10.0 Å². The molecule has 3 rings (SSSR count). The lowest BCUT2D eigenvalue weighted by molar-refractivity contribution is -0.157. The van der Waals surface area contributed by atoms with Crippen LogP contribution in [-0.4, -0.2) is 41.1 Å². The number of nitrogens with one attached hydrogen (secondary N) is 1. The quantitative estimate of drug-likeness (QED) is 0.390. The topological polar surface area (TPSA) is 119 Å². The minimum Gasteiger partial charge on any atom is -0.478 e. The molecule has 0 bridgehead atoms. The summed E-state index contributed by atoms with van der Waals surface area (Å²) in [7, 11) is 0. The number of carbonyl (C=O) groups excluding carboxylic acids is 3. The highest BCUT2D eigenvalue weighted by Gasteiger charge is 2.41. The molecule has 2 atom stereocenters. The molecule has 0 heterocycles. The van der Waals surface area contributed by atoms with Crippen LogP contribution < -0.4 is 5.32 Å². The van der Waals surface area contributed by atoms with Gasteiger partial charge in [0.1, 0.15) is 0 Å². The van der Waals surface area contributed by atoms with Crippen LogP contribution in [0.5, 0.6) is 0 Å². The van der Waals surface area contributed by atoms with E-state index < -0.39 is 36.0 Å². The monoisotopic (exact) mass is 529 g/mol. The summed E-state index contributed by atoms with van der Waals surface area (Å²) in [5.74, 6) is -4.78.